The molecule has 1 aliphatic carbocycles. The molecule has 3 unspecified atom stereocenters. The van der Waals surface area contributed by atoms with Gasteiger partial charge in [-0.05, 0) is 52.1 Å². The molecule has 1 saturated heterocycles. The zero-order chi connectivity index (χ0) is 13.2. The van der Waals surface area contributed by atoms with E-state index in [4.69, 9.17) is 0 Å². The summed E-state index contributed by atoms with van der Waals surface area (Å²) >= 11 is 0. The van der Waals surface area contributed by atoms with Crippen LogP contribution in [0.2, 0.25) is 0 Å². The van der Waals surface area contributed by atoms with E-state index in [1.54, 1.807) is 7.05 Å². The Morgan fingerprint density at radius 3 is 2.78 bits per heavy atom. The molecular formula is C14H26N2O2. The first-order chi connectivity index (χ1) is 8.63. The van der Waals surface area contributed by atoms with Crippen molar-refractivity contribution in [2.45, 2.75) is 69.5 Å². The number of likely N-dealkylation sites (N-methyl/N-ethyl adjacent to an activating group) is 1. The third kappa shape index (κ3) is 2.41. The van der Waals surface area contributed by atoms with E-state index in [0.29, 0.717) is 12.1 Å². The van der Waals surface area contributed by atoms with Gasteiger partial charge in [0.05, 0.1) is 0 Å². The topological polar surface area (TPSA) is 52.6 Å². The Morgan fingerprint density at radius 2 is 2.22 bits per heavy atom. The van der Waals surface area contributed by atoms with Gasteiger partial charge in [-0.1, -0.05) is 13.3 Å². The predicted molar refractivity (Wildman–Crippen MR) is 71.7 cm³/mol. The molecule has 0 radical (unpaired) electrons. The number of carboxylic acids is 1. The number of hydrogen-bond donors (Lipinski definition) is 2. The summed E-state index contributed by atoms with van der Waals surface area (Å²) in [6.45, 7) is 3.41. The van der Waals surface area contributed by atoms with Gasteiger partial charge >= 0.3 is 5.97 Å². The van der Waals surface area contributed by atoms with Gasteiger partial charge in [0.15, 0.2) is 0 Å². The van der Waals surface area contributed by atoms with Gasteiger partial charge in [0.1, 0.15) is 5.54 Å². The van der Waals surface area contributed by atoms with Crippen LogP contribution in [-0.4, -0.2) is 47.2 Å². The highest BCUT2D eigenvalue weighted by Gasteiger charge is 2.46. The number of carbonyl (C=O) groups is 1. The molecule has 104 valence electrons. The van der Waals surface area contributed by atoms with E-state index >= 15 is 0 Å². The van der Waals surface area contributed by atoms with E-state index in [1.807, 2.05) is 0 Å². The number of likely N-dealkylation sites (tertiary alicyclic amines) is 1. The quantitative estimate of drug-likeness (QED) is 0.804. The monoisotopic (exact) mass is 254 g/mol. The molecule has 0 amide bonds. The number of rotatable bonds is 4. The van der Waals surface area contributed by atoms with Crippen molar-refractivity contribution in [1.29, 1.82) is 0 Å². The highest BCUT2D eigenvalue weighted by atomic mass is 16.4. The lowest BCUT2D eigenvalue weighted by atomic mass is 9.95. The van der Waals surface area contributed by atoms with Crippen molar-refractivity contribution >= 4 is 5.97 Å². The molecule has 18 heavy (non-hydrogen) atoms. The lowest BCUT2D eigenvalue weighted by Gasteiger charge is -2.40. The van der Waals surface area contributed by atoms with Gasteiger partial charge in [0.25, 0.3) is 0 Å². The number of hydrogen-bond acceptors (Lipinski definition) is 3. The Balaban J connectivity index is 2.05. The largest absolute Gasteiger partial charge is 0.480 e. The van der Waals surface area contributed by atoms with Crippen LogP contribution in [0.25, 0.3) is 0 Å². The van der Waals surface area contributed by atoms with Crippen molar-refractivity contribution in [3.05, 3.63) is 0 Å². The average Bonchev–Trinajstić information content (AvgIpc) is 2.84. The molecule has 1 heterocycles. The SMILES string of the molecule is CCC1CCCCN1C1CCC(NC)(C(=O)O)C1. The maximum absolute atomic E-state index is 11.5. The van der Waals surface area contributed by atoms with Crippen LogP contribution < -0.4 is 5.32 Å². The smallest absolute Gasteiger partial charge is 0.323 e. The first kappa shape index (κ1) is 13.8. The van der Waals surface area contributed by atoms with Crippen LogP contribution in [-0.2, 0) is 4.79 Å². The van der Waals surface area contributed by atoms with Gasteiger partial charge in [-0.2, -0.15) is 0 Å². The van der Waals surface area contributed by atoms with Crippen molar-refractivity contribution < 1.29 is 9.90 Å². The zero-order valence-electron chi connectivity index (χ0n) is 11.6. The summed E-state index contributed by atoms with van der Waals surface area (Å²) in [6, 6.07) is 1.13. The summed E-state index contributed by atoms with van der Waals surface area (Å²) in [5.41, 5.74) is -0.680. The molecule has 0 bridgehead atoms. The van der Waals surface area contributed by atoms with Gasteiger partial charge in [-0.3, -0.25) is 9.69 Å². The van der Waals surface area contributed by atoms with E-state index in [2.05, 4.69) is 17.1 Å². The van der Waals surface area contributed by atoms with Gasteiger partial charge in [0, 0.05) is 12.1 Å². The van der Waals surface area contributed by atoms with E-state index in [-0.39, 0.29) is 0 Å². The molecule has 2 aliphatic rings. The Labute approximate surface area is 110 Å². The van der Waals surface area contributed by atoms with Gasteiger partial charge in [-0.15, -0.1) is 0 Å². The number of carboxylic acid groups (broad SMARTS) is 1. The summed E-state index contributed by atoms with van der Waals surface area (Å²) < 4.78 is 0. The minimum atomic E-state index is -0.683. The van der Waals surface area contributed by atoms with Gasteiger partial charge < -0.3 is 10.4 Å². The summed E-state index contributed by atoms with van der Waals surface area (Å²) in [5, 5.41) is 12.5. The van der Waals surface area contributed by atoms with Gasteiger partial charge in [0.2, 0.25) is 0 Å². The fourth-order valence-corrected chi connectivity index (χ4v) is 3.77. The van der Waals surface area contributed by atoms with Gasteiger partial charge in [-0.25, -0.2) is 0 Å². The van der Waals surface area contributed by atoms with Crippen molar-refractivity contribution in [1.82, 2.24) is 10.2 Å². The molecule has 2 N–H and O–H groups in total. The second-order valence-corrected chi connectivity index (χ2v) is 5.83. The Hall–Kier alpha value is -0.610. The maximum Gasteiger partial charge on any atom is 0.323 e. The van der Waals surface area contributed by atoms with Crippen molar-refractivity contribution in [3.63, 3.8) is 0 Å². The fourth-order valence-electron chi connectivity index (χ4n) is 3.77. The molecule has 2 fully saturated rings. The second-order valence-electron chi connectivity index (χ2n) is 5.83. The Bertz CT molecular complexity index is 308. The third-order valence-electron chi connectivity index (χ3n) is 4.99. The molecule has 0 aromatic heterocycles. The lowest BCUT2D eigenvalue weighted by molar-refractivity contribution is -0.144. The highest BCUT2D eigenvalue weighted by molar-refractivity contribution is 5.79. The molecule has 1 aliphatic heterocycles. The van der Waals surface area contributed by atoms with E-state index < -0.39 is 11.5 Å². The summed E-state index contributed by atoms with van der Waals surface area (Å²) in [4.78, 5) is 14.0. The highest BCUT2D eigenvalue weighted by Crippen LogP contribution is 2.36. The summed E-state index contributed by atoms with van der Waals surface area (Å²) in [5.74, 6) is -0.683. The van der Waals surface area contributed by atoms with Crippen LogP contribution in [0.1, 0.15) is 51.9 Å². The molecular weight excluding hydrogens is 228 g/mol. The molecule has 4 heteroatoms. The average molecular weight is 254 g/mol. The van der Waals surface area contributed by atoms with Crippen LogP contribution >= 0.6 is 0 Å². The van der Waals surface area contributed by atoms with Crippen LogP contribution in [0.3, 0.4) is 0 Å². The van der Waals surface area contributed by atoms with E-state index in [1.165, 1.54) is 25.7 Å². The maximum atomic E-state index is 11.5. The molecule has 3 atom stereocenters. The van der Waals surface area contributed by atoms with Crippen LogP contribution in [0.5, 0.6) is 0 Å². The normalized spacial score (nSPS) is 37.9. The number of piperidine rings is 1. The van der Waals surface area contributed by atoms with E-state index in [9.17, 15) is 9.90 Å². The summed E-state index contributed by atoms with van der Waals surface area (Å²) in [7, 11) is 1.78. The zero-order valence-corrected chi connectivity index (χ0v) is 11.6. The molecule has 0 spiro atoms. The minimum absolute atomic E-state index is 0.457. The van der Waals surface area contributed by atoms with Crippen molar-refractivity contribution in [2.75, 3.05) is 13.6 Å². The number of aliphatic carboxylic acids is 1. The molecule has 4 nitrogen and oxygen atoms in total. The van der Waals surface area contributed by atoms with Crippen LogP contribution in [0.15, 0.2) is 0 Å². The van der Waals surface area contributed by atoms with Crippen molar-refractivity contribution in [2.24, 2.45) is 0 Å². The second kappa shape index (κ2) is 5.57. The predicted octanol–water partition coefficient (Wildman–Crippen LogP) is 1.85. The Kier molecular flexibility index (Phi) is 4.28. The fraction of sp³-hybridized carbons (Fsp3) is 0.929. The summed E-state index contributed by atoms with van der Waals surface area (Å²) in [6.07, 6.45) is 7.61. The third-order valence-corrected chi connectivity index (χ3v) is 4.99. The number of nitrogens with zero attached hydrogens (tertiary/aromatic N) is 1. The molecule has 1 saturated carbocycles. The van der Waals surface area contributed by atoms with E-state index in [0.717, 1.165) is 25.8 Å². The molecule has 2 rings (SSSR count). The van der Waals surface area contributed by atoms with Crippen LogP contribution in [0, 0.1) is 0 Å². The minimum Gasteiger partial charge on any atom is -0.480 e. The van der Waals surface area contributed by atoms with Crippen molar-refractivity contribution in [3.8, 4) is 0 Å². The first-order valence-electron chi connectivity index (χ1n) is 7.31. The first-order valence-corrected chi connectivity index (χ1v) is 7.31. The lowest BCUT2D eigenvalue weighted by Crippen LogP contribution is -2.51. The standard InChI is InChI=1S/C14H26N2O2/c1-3-11-6-4-5-9-16(11)12-7-8-14(10-12,15-2)13(17)18/h11-12,15H,3-10H2,1-2H3,(H,17,18). The number of nitrogens with one attached hydrogen (secondary N) is 1. The molecule has 0 aromatic carbocycles. The Morgan fingerprint density at radius 1 is 1.44 bits per heavy atom. The van der Waals surface area contributed by atoms with Crippen LogP contribution in [0.4, 0.5) is 0 Å². The molecule has 0 aromatic rings.